The standard InChI is InChI=1S/C15H28N4O7Si/c1-14(2,3)27(6,7)26-12-10(17-18-16)13(25-19(20)21)23-9-8-22-15(4,5)24-11(9)12/h9-13H,8H2,1-7H3/t9-,10-,11-,12-,13?/m1/s1. The third-order valence-corrected chi connectivity index (χ3v) is 9.72. The van der Waals surface area contributed by atoms with Gasteiger partial charge in [-0.25, -0.2) is 0 Å². The van der Waals surface area contributed by atoms with Crippen LogP contribution in [-0.2, 0) is 23.5 Å². The van der Waals surface area contributed by atoms with Crippen molar-refractivity contribution in [3.8, 4) is 0 Å². The van der Waals surface area contributed by atoms with Gasteiger partial charge in [-0.1, -0.05) is 25.9 Å². The molecule has 0 aliphatic carbocycles. The Morgan fingerprint density at radius 1 is 1.37 bits per heavy atom. The van der Waals surface area contributed by atoms with Gasteiger partial charge in [0.2, 0.25) is 6.29 Å². The van der Waals surface area contributed by atoms with Crippen molar-refractivity contribution in [2.24, 2.45) is 5.11 Å². The minimum absolute atomic E-state index is 0.137. The van der Waals surface area contributed by atoms with E-state index < -0.39 is 49.8 Å². The van der Waals surface area contributed by atoms with E-state index in [0.717, 1.165) is 0 Å². The predicted octanol–water partition coefficient (Wildman–Crippen LogP) is 3.14. The second-order valence-electron chi connectivity index (χ2n) is 8.70. The molecule has 2 rings (SSSR count). The van der Waals surface area contributed by atoms with Gasteiger partial charge in [0.15, 0.2) is 14.1 Å². The molecule has 0 aromatic heterocycles. The van der Waals surface area contributed by atoms with E-state index in [4.69, 9.17) is 24.2 Å². The van der Waals surface area contributed by atoms with Crippen molar-refractivity contribution in [1.82, 2.24) is 0 Å². The van der Waals surface area contributed by atoms with E-state index in [1.54, 1.807) is 13.8 Å². The number of ether oxygens (including phenoxy) is 3. The molecule has 0 aromatic rings. The Bertz CT molecular complexity index is 618. The van der Waals surface area contributed by atoms with E-state index >= 15 is 0 Å². The molecule has 1 unspecified atom stereocenters. The summed E-state index contributed by atoms with van der Waals surface area (Å²) in [6, 6.07) is -1.08. The SMILES string of the molecule is CC1(C)OC[C@H]2OC(O[N+](=O)[O-])[C@H](N=[N+]=[N-])[C@@H](O[Si](C)(C)C(C)(C)C)[C@@H]2O1. The lowest BCUT2D eigenvalue weighted by atomic mass is 9.96. The van der Waals surface area contributed by atoms with Crippen LogP contribution in [0.4, 0.5) is 0 Å². The first-order chi connectivity index (χ1) is 12.3. The normalized spacial score (nSPS) is 33.5. The van der Waals surface area contributed by atoms with Gasteiger partial charge < -0.3 is 18.6 Å². The largest absolute Gasteiger partial charge is 0.411 e. The Morgan fingerprint density at radius 3 is 2.52 bits per heavy atom. The van der Waals surface area contributed by atoms with Gasteiger partial charge in [-0.3, -0.25) is 4.84 Å². The van der Waals surface area contributed by atoms with Crippen molar-refractivity contribution in [3.05, 3.63) is 20.6 Å². The van der Waals surface area contributed by atoms with Crippen molar-refractivity contribution < 1.29 is 28.6 Å². The highest BCUT2D eigenvalue weighted by atomic mass is 28.4. The fourth-order valence-corrected chi connectivity index (χ4v) is 4.13. The molecule has 27 heavy (non-hydrogen) atoms. The fourth-order valence-electron chi connectivity index (χ4n) is 2.82. The lowest BCUT2D eigenvalue weighted by molar-refractivity contribution is -0.784. The maximum absolute atomic E-state index is 10.9. The first-order valence-electron chi connectivity index (χ1n) is 8.78. The maximum Gasteiger partial charge on any atom is 0.297 e. The first kappa shape index (κ1) is 21.9. The third-order valence-electron chi connectivity index (χ3n) is 5.24. The minimum atomic E-state index is -2.34. The number of rotatable bonds is 5. The second kappa shape index (κ2) is 7.53. The summed E-state index contributed by atoms with van der Waals surface area (Å²) in [5, 5.41) is 13.5. The number of azide groups is 1. The molecule has 12 heteroatoms. The van der Waals surface area contributed by atoms with E-state index in [1.165, 1.54) is 0 Å². The molecule has 154 valence electrons. The Labute approximate surface area is 159 Å². The molecule has 0 spiro atoms. The van der Waals surface area contributed by atoms with E-state index in [0.29, 0.717) is 0 Å². The van der Waals surface area contributed by atoms with E-state index in [-0.39, 0.29) is 11.6 Å². The predicted molar refractivity (Wildman–Crippen MR) is 96.6 cm³/mol. The van der Waals surface area contributed by atoms with Gasteiger partial charge in [0, 0.05) is 4.91 Å². The van der Waals surface area contributed by atoms with E-state index in [2.05, 4.69) is 35.6 Å². The Kier molecular flexibility index (Phi) is 6.10. The molecule has 0 bridgehead atoms. The molecular formula is C15H28N4O7Si. The molecule has 2 saturated heterocycles. The summed E-state index contributed by atoms with van der Waals surface area (Å²) >= 11 is 0. The molecule has 2 aliphatic rings. The topological polar surface area (TPSA) is 138 Å². The van der Waals surface area contributed by atoms with Crippen LogP contribution in [0.15, 0.2) is 5.11 Å². The molecular weight excluding hydrogens is 376 g/mol. The van der Waals surface area contributed by atoms with E-state index in [9.17, 15) is 10.1 Å². The van der Waals surface area contributed by atoms with Crippen LogP contribution in [-0.4, -0.2) is 56.4 Å². The monoisotopic (exact) mass is 404 g/mol. The van der Waals surface area contributed by atoms with Crippen molar-refractivity contribution in [2.75, 3.05) is 6.61 Å². The first-order valence-corrected chi connectivity index (χ1v) is 11.7. The summed E-state index contributed by atoms with van der Waals surface area (Å²) in [6.45, 7) is 13.9. The molecule has 0 aromatic carbocycles. The molecule has 0 N–H and O–H groups in total. The molecule has 2 heterocycles. The van der Waals surface area contributed by atoms with Gasteiger partial charge in [-0.15, -0.1) is 10.1 Å². The zero-order valence-electron chi connectivity index (χ0n) is 16.7. The molecule has 0 radical (unpaired) electrons. The lowest BCUT2D eigenvalue weighted by Gasteiger charge is -2.52. The molecule has 0 saturated carbocycles. The van der Waals surface area contributed by atoms with Crippen molar-refractivity contribution in [2.45, 2.75) is 89.2 Å². The lowest BCUT2D eigenvalue weighted by Crippen LogP contribution is -2.67. The van der Waals surface area contributed by atoms with Gasteiger partial charge in [0.25, 0.3) is 5.09 Å². The molecule has 11 nitrogen and oxygen atoms in total. The van der Waals surface area contributed by atoms with Crippen LogP contribution in [0.2, 0.25) is 18.1 Å². The molecule has 2 aliphatic heterocycles. The van der Waals surface area contributed by atoms with Gasteiger partial charge in [0.1, 0.15) is 18.2 Å². The average molecular weight is 404 g/mol. The fraction of sp³-hybridized carbons (Fsp3) is 1.00. The van der Waals surface area contributed by atoms with Gasteiger partial charge >= 0.3 is 0 Å². The average Bonchev–Trinajstić information content (AvgIpc) is 2.49. The van der Waals surface area contributed by atoms with Crippen LogP contribution in [0.1, 0.15) is 34.6 Å². The van der Waals surface area contributed by atoms with Crippen molar-refractivity contribution >= 4 is 8.32 Å². The van der Waals surface area contributed by atoms with Crippen LogP contribution in [0.25, 0.3) is 10.4 Å². The summed E-state index contributed by atoms with van der Waals surface area (Å²) in [5.74, 6) is -0.892. The third kappa shape index (κ3) is 4.89. The summed E-state index contributed by atoms with van der Waals surface area (Å²) in [7, 11) is -2.34. The number of fused-ring (bicyclic) bond motifs is 1. The quantitative estimate of drug-likeness (QED) is 0.171. The van der Waals surface area contributed by atoms with E-state index in [1.807, 2.05) is 13.1 Å². The summed E-state index contributed by atoms with van der Waals surface area (Å²) in [4.78, 5) is 18.4. The number of nitrogens with zero attached hydrogens (tertiary/aromatic N) is 4. The van der Waals surface area contributed by atoms with Crippen LogP contribution >= 0.6 is 0 Å². The molecule has 5 atom stereocenters. The van der Waals surface area contributed by atoms with Gasteiger partial charge in [-0.2, -0.15) is 0 Å². The summed E-state index contributed by atoms with van der Waals surface area (Å²) in [6.07, 6.45) is -3.44. The Morgan fingerprint density at radius 2 is 2.00 bits per heavy atom. The van der Waals surface area contributed by atoms with Gasteiger partial charge in [0.05, 0.1) is 12.7 Å². The number of hydrogen-bond acceptors (Lipinski definition) is 8. The Hall–Kier alpha value is -1.43. The highest BCUT2D eigenvalue weighted by molar-refractivity contribution is 6.74. The van der Waals surface area contributed by atoms with Gasteiger partial charge in [-0.05, 0) is 37.5 Å². The van der Waals surface area contributed by atoms with Crippen molar-refractivity contribution in [3.63, 3.8) is 0 Å². The van der Waals surface area contributed by atoms with Crippen LogP contribution in [0.3, 0.4) is 0 Å². The minimum Gasteiger partial charge on any atom is -0.411 e. The van der Waals surface area contributed by atoms with Crippen LogP contribution in [0, 0.1) is 10.1 Å². The molecule has 2 fully saturated rings. The second-order valence-corrected chi connectivity index (χ2v) is 13.5. The van der Waals surface area contributed by atoms with Crippen LogP contribution in [0.5, 0.6) is 0 Å². The zero-order chi connectivity index (χ0) is 20.6. The smallest absolute Gasteiger partial charge is 0.297 e. The highest BCUT2D eigenvalue weighted by Crippen LogP contribution is 2.42. The van der Waals surface area contributed by atoms with Crippen LogP contribution < -0.4 is 0 Å². The molecule has 0 amide bonds. The van der Waals surface area contributed by atoms with Crippen molar-refractivity contribution in [1.29, 1.82) is 0 Å². The highest BCUT2D eigenvalue weighted by Gasteiger charge is 2.55. The Balaban J connectivity index is 2.43. The zero-order valence-corrected chi connectivity index (χ0v) is 17.7. The maximum atomic E-state index is 10.9. The number of hydrogen-bond donors (Lipinski definition) is 0. The summed E-state index contributed by atoms with van der Waals surface area (Å²) < 4.78 is 23.8. The summed E-state index contributed by atoms with van der Waals surface area (Å²) in [5.41, 5.74) is 9.01.